The van der Waals surface area contributed by atoms with Crippen LogP contribution in [0.2, 0.25) is 0 Å². The van der Waals surface area contributed by atoms with Crippen molar-refractivity contribution in [1.82, 2.24) is 9.29 Å². The topological polar surface area (TPSA) is 99.7 Å². The predicted octanol–water partition coefficient (Wildman–Crippen LogP) is 3.50. The molecule has 33 heavy (non-hydrogen) atoms. The number of anilines is 2. The first-order valence-electron chi connectivity index (χ1n) is 11.2. The Bertz CT molecular complexity index is 1110. The van der Waals surface area contributed by atoms with Gasteiger partial charge in [-0.25, -0.2) is 13.4 Å². The van der Waals surface area contributed by atoms with Gasteiger partial charge in [-0.3, -0.25) is 9.59 Å². The number of para-hydroxylation sites is 2. The molecule has 2 aromatic rings. The summed E-state index contributed by atoms with van der Waals surface area (Å²) in [4.78, 5) is 31.4. The maximum absolute atomic E-state index is 13.1. The number of nitrogens with one attached hydrogen (secondary N) is 1. The number of nitrogens with zero attached hydrogens (tertiary/aromatic N) is 3. The van der Waals surface area contributed by atoms with Gasteiger partial charge in [0.1, 0.15) is 4.90 Å². The van der Waals surface area contributed by atoms with Crippen LogP contribution >= 0.6 is 11.8 Å². The van der Waals surface area contributed by atoms with E-state index in [1.807, 2.05) is 25.1 Å². The summed E-state index contributed by atoms with van der Waals surface area (Å²) in [6, 6.07) is 10.2. The molecule has 0 saturated carbocycles. The van der Waals surface area contributed by atoms with Crippen molar-refractivity contribution in [1.29, 1.82) is 0 Å². The Hall–Kier alpha value is -2.43. The lowest BCUT2D eigenvalue weighted by molar-refractivity contribution is -0.117. The number of hydrogen-bond donors (Lipinski definition) is 1. The van der Waals surface area contributed by atoms with Gasteiger partial charge in [-0.1, -0.05) is 36.7 Å². The van der Waals surface area contributed by atoms with Crippen molar-refractivity contribution in [2.75, 3.05) is 29.1 Å². The molecule has 0 radical (unpaired) electrons. The Morgan fingerprint density at radius 1 is 1.12 bits per heavy atom. The zero-order chi connectivity index (χ0) is 23.4. The van der Waals surface area contributed by atoms with Crippen molar-refractivity contribution >= 4 is 45.0 Å². The summed E-state index contributed by atoms with van der Waals surface area (Å²) < 4.78 is 27.4. The van der Waals surface area contributed by atoms with Gasteiger partial charge in [-0.15, -0.1) is 0 Å². The van der Waals surface area contributed by atoms with E-state index in [4.69, 9.17) is 0 Å². The maximum atomic E-state index is 13.1. The minimum absolute atomic E-state index is 0.123. The normalized spacial score (nSPS) is 19.8. The molecule has 8 nitrogen and oxygen atoms in total. The molecule has 1 fully saturated rings. The molecule has 1 N–H and O–H groups in total. The van der Waals surface area contributed by atoms with E-state index in [1.54, 1.807) is 27.4 Å². The molecule has 2 aliphatic rings. The number of hydrogen-bond acceptors (Lipinski definition) is 6. The van der Waals surface area contributed by atoms with Gasteiger partial charge in [-0.2, -0.15) is 4.31 Å². The number of sulfonamides is 1. The highest BCUT2D eigenvalue weighted by Crippen LogP contribution is 2.32. The Kier molecular flexibility index (Phi) is 7.35. The van der Waals surface area contributed by atoms with Crippen LogP contribution in [0.25, 0.3) is 0 Å². The fourth-order valence-electron chi connectivity index (χ4n) is 4.21. The van der Waals surface area contributed by atoms with Gasteiger partial charge in [0.05, 0.1) is 22.2 Å². The molecule has 2 amide bonds. The molecular formula is C23H28N4O4S2. The summed E-state index contributed by atoms with van der Waals surface area (Å²) in [6.45, 7) is 2.94. The fourth-order valence-corrected chi connectivity index (χ4v) is 6.37. The number of amides is 2. The maximum Gasteiger partial charge on any atom is 0.244 e. The number of fused-ring (bicyclic) bond motifs is 1. The van der Waals surface area contributed by atoms with Crippen molar-refractivity contribution < 1.29 is 18.0 Å². The number of rotatable bonds is 5. The van der Waals surface area contributed by atoms with Gasteiger partial charge in [0.2, 0.25) is 21.8 Å². The van der Waals surface area contributed by atoms with Crippen LogP contribution < -0.4 is 10.2 Å². The standard InChI is InChI=1S/C23H28N4O4S2/c1-17-14-21(28)25-19-8-4-5-9-20(19)27(17)23(29)16-32-22-11-10-18(15-24-22)33(30,31)26-12-6-2-3-7-13-26/h4-5,8-11,15,17H,2-3,6-7,12-14,16H2,1H3,(H,25,28)/t17-/m1/s1. The van der Waals surface area contributed by atoms with Gasteiger partial charge in [0.15, 0.2) is 0 Å². The highest BCUT2D eigenvalue weighted by molar-refractivity contribution is 7.99. The zero-order valence-corrected chi connectivity index (χ0v) is 20.2. The second kappa shape index (κ2) is 10.2. The first kappa shape index (κ1) is 23.7. The SMILES string of the molecule is C[C@@H]1CC(=O)Nc2ccccc2N1C(=O)CSc1ccc(S(=O)(=O)N2CCCCCC2)cn1. The van der Waals surface area contributed by atoms with Crippen LogP contribution in [0, 0.1) is 0 Å². The number of pyridine rings is 1. The Labute approximate surface area is 198 Å². The van der Waals surface area contributed by atoms with E-state index >= 15 is 0 Å². The molecule has 3 heterocycles. The highest BCUT2D eigenvalue weighted by Gasteiger charge is 2.30. The van der Waals surface area contributed by atoms with E-state index in [-0.39, 0.29) is 34.9 Å². The average Bonchev–Trinajstić information content (AvgIpc) is 3.15. The lowest BCUT2D eigenvalue weighted by Crippen LogP contribution is -2.40. The summed E-state index contributed by atoms with van der Waals surface area (Å²) in [5, 5.41) is 3.42. The molecule has 1 aromatic heterocycles. The third kappa shape index (κ3) is 5.39. The smallest absolute Gasteiger partial charge is 0.244 e. The number of thioether (sulfide) groups is 1. The molecule has 1 aromatic carbocycles. The van der Waals surface area contributed by atoms with Gasteiger partial charge >= 0.3 is 0 Å². The van der Waals surface area contributed by atoms with E-state index in [0.29, 0.717) is 29.5 Å². The van der Waals surface area contributed by atoms with Crippen molar-refractivity contribution in [2.45, 2.75) is 55.0 Å². The van der Waals surface area contributed by atoms with Crippen molar-refractivity contribution in [3.05, 3.63) is 42.6 Å². The van der Waals surface area contributed by atoms with E-state index in [0.717, 1.165) is 25.7 Å². The first-order chi connectivity index (χ1) is 15.9. The number of benzene rings is 1. The summed E-state index contributed by atoms with van der Waals surface area (Å²) in [7, 11) is -3.55. The Morgan fingerprint density at radius 2 is 1.85 bits per heavy atom. The van der Waals surface area contributed by atoms with Crippen molar-refractivity contribution in [3.8, 4) is 0 Å². The molecule has 2 aliphatic heterocycles. The summed E-state index contributed by atoms with van der Waals surface area (Å²) >= 11 is 1.25. The minimum Gasteiger partial charge on any atom is -0.324 e. The van der Waals surface area contributed by atoms with Crippen molar-refractivity contribution in [2.24, 2.45) is 0 Å². The summed E-state index contributed by atoms with van der Waals surface area (Å²) in [5.74, 6) is -0.141. The van der Waals surface area contributed by atoms with Gasteiger partial charge < -0.3 is 10.2 Å². The highest BCUT2D eigenvalue weighted by atomic mass is 32.2. The van der Waals surface area contributed by atoms with Crippen molar-refractivity contribution in [3.63, 3.8) is 0 Å². The van der Waals surface area contributed by atoms with Crippen LogP contribution in [0.5, 0.6) is 0 Å². The van der Waals surface area contributed by atoms with Crippen LogP contribution in [0.15, 0.2) is 52.5 Å². The quantitative estimate of drug-likeness (QED) is 0.647. The van der Waals surface area contributed by atoms with Crippen LogP contribution in [-0.4, -0.2) is 54.4 Å². The monoisotopic (exact) mass is 488 g/mol. The minimum atomic E-state index is -3.55. The first-order valence-corrected chi connectivity index (χ1v) is 13.6. The number of carbonyl (C=O) groups excluding carboxylic acids is 2. The van der Waals surface area contributed by atoms with E-state index in [2.05, 4.69) is 10.3 Å². The lowest BCUT2D eigenvalue weighted by Gasteiger charge is -2.27. The van der Waals surface area contributed by atoms with E-state index in [1.165, 1.54) is 18.0 Å². The third-order valence-electron chi connectivity index (χ3n) is 5.88. The van der Waals surface area contributed by atoms with Gasteiger partial charge in [0, 0.05) is 31.7 Å². The zero-order valence-electron chi connectivity index (χ0n) is 18.6. The number of carbonyl (C=O) groups is 2. The van der Waals surface area contributed by atoms with Crippen LogP contribution in [-0.2, 0) is 19.6 Å². The Morgan fingerprint density at radius 3 is 2.55 bits per heavy atom. The largest absolute Gasteiger partial charge is 0.324 e. The predicted molar refractivity (Wildman–Crippen MR) is 129 cm³/mol. The molecule has 10 heteroatoms. The van der Waals surface area contributed by atoms with Crippen LogP contribution in [0.4, 0.5) is 11.4 Å². The van der Waals surface area contributed by atoms with E-state index < -0.39 is 10.0 Å². The molecule has 0 aliphatic carbocycles. The number of aromatic nitrogens is 1. The lowest BCUT2D eigenvalue weighted by atomic mass is 10.2. The van der Waals surface area contributed by atoms with Crippen LogP contribution in [0.3, 0.4) is 0 Å². The average molecular weight is 489 g/mol. The molecule has 1 atom stereocenters. The molecule has 4 rings (SSSR count). The van der Waals surface area contributed by atoms with Gasteiger partial charge in [0.25, 0.3) is 0 Å². The molecule has 1 saturated heterocycles. The third-order valence-corrected chi connectivity index (χ3v) is 8.69. The Balaban J connectivity index is 1.44. The molecule has 0 unspecified atom stereocenters. The van der Waals surface area contributed by atoms with Gasteiger partial charge in [-0.05, 0) is 44.0 Å². The van der Waals surface area contributed by atoms with Crippen LogP contribution in [0.1, 0.15) is 39.0 Å². The molecular weight excluding hydrogens is 460 g/mol. The second-order valence-electron chi connectivity index (χ2n) is 8.32. The summed E-state index contributed by atoms with van der Waals surface area (Å²) in [5.41, 5.74) is 1.29. The molecule has 0 spiro atoms. The van der Waals surface area contributed by atoms with E-state index in [9.17, 15) is 18.0 Å². The fraction of sp³-hybridized carbons (Fsp3) is 0.435. The molecule has 0 bridgehead atoms. The molecule has 176 valence electrons. The second-order valence-corrected chi connectivity index (χ2v) is 11.3. The summed E-state index contributed by atoms with van der Waals surface area (Å²) in [6.07, 6.45) is 5.45.